The molecule has 8 heteroatoms. The fourth-order valence-electron chi connectivity index (χ4n) is 1.97. The Kier molecular flexibility index (Phi) is 5.82. The third-order valence-corrected chi connectivity index (χ3v) is 3.99. The summed E-state index contributed by atoms with van der Waals surface area (Å²) in [7, 11) is 0. The van der Waals surface area contributed by atoms with Crippen LogP contribution in [0.4, 0.5) is 18.0 Å². The van der Waals surface area contributed by atoms with Gasteiger partial charge >= 0.3 is 12.2 Å². The van der Waals surface area contributed by atoms with Crippen LogP contribution in [0, 0.1) is 0 Å². The number of amides is 2. The normalized spacial score (nSPS) is 15.5. The second-order valence-corrected chi connectivity index (χ2v) is 6.03. The summed E-state index contributed by atoms with van der Waals surface area (Å²) in [5, 5.41) is 2.77. The van der Waals surface area contributed by atoms with Crippen LogP contribution in [0.25, 0.3) is 0 Å². The number of alkyl halides is 3. The van der Waals surface area contributed by atoms with Gasteiger partial charge in [0.2, 0.25) is 0 Å². The lowest BCUT2D eigenvalue weighted by Gasteiger charge is -2.26. The number of carbonyl (C=O) groups is 1. The molecule has 2 amide bonds. The highest BCUT2D eigenvalue weighted by Gasteiger charge is 2.28. The van der Waals surface area contributed by atoms with Crippen molar-refractivity contribution in [3.05, 3.63) is 29.8 Å². The van der Waals surface area contributed by atoms with Crippen molar-refractivity contribution in [3.63, 3.8) is 0 Å². The van der Waals surface area contributed by atoms with E-state index in [-0.39, 0.29) is 18.3 Å². The zero-order chi connectivity index (χ0) is 16.0. The Morgan fingerprint density at radius 1 is 1.32 bits per heavy atom. The van der Waals surface area contributed by atoms with Crippen LogP contribution in [0.5, 0.6) is 5.75 Å². The summed E-state index contributed by atoms with van der Waals surface area (Å²) in [6.45, 7) is 0.358. The standard InChI is InChI=1S/C14H17F3N2O2S/c15-14(16,17)10-21-12-3-1-2-11(8-12)9-18-13(20)19-4-6-22-7-5-19/h1-3,8H,4-7,9-10H2,(H,18,20). The van der Waals surface area contributed by atoms with Crippen molar-refractivity contribution < 1.29 is 22.7 Å². The Balaban J connectivity index is 1.83. The molecule has 1 heterocycles. The molecule has 0 radical (unpaired) electrons. The minimum atomic E-state index is -4.36. The SMILES string of the molecule is O=C(NCc1cccc(OCC(F)(F)F)c1)N1CCSCC1. The summed E-state index contributed by atoms with van der Waals surface area (Å²) in [4.78, 5) is 13.7. The number of urea groups is 1. The molecule has 0 bridgehead atoms. The van der Waals surface area contributed by atoms with E-state index in [0.29, 0.717) is 18.7 Å². The zero-order valence-electron chi connectivity index (χ0n) is 11.9. The molecule has 0 aliphatic carbocycles. The molecule has 1 saturated heterocycles. The molecule has 1 N–H and O–H groups in total. The predicted molar refractivity (Wildman–Crippen MR) is 79.1 cm³/mol. The topological polar surface area (TPSA) is 41.6 Å². The Hall–Kier alpha value is -1.57. The molecule has 1 aromatic carbocycles. The molecule has 0 unspecified atom stereocenters. The number of ether oxygens (including phenoxy) is 1. The van der Waals surface area contributed by atoms with Crippen molar-refractivity contribution in [1.82, 2.24) is 10.2 Å². The van der Waals surface area contributed by atoms with Crippen LogP contribution < -0.4 is 10.1 Å². The number of carbonyl (C=O) groups excluding carboxylic acids is 1. The molecule has 2 rings (SSSR count). The van der Waals surface area contributed by atoms with Crippen molar-refractivity contribution >= 4 is 17.8 Å². The zero-order valence-corrected chi connectivity index (χ0v) is 12.7. The highest BCUT2D eigenvalue weighted by Crippen LogP contribution is 2.19. The summed E-state index contributed by atoms with van der Waals surface area (Å²) in [5.74, 6) is 1.99. The van der Waals surface area contributed by atoms with Crippen LogP contribution >= 0.6 is 11.8 Å². The van der Waals surface area contributed by atoms with Crippen LogP contribution in [0.1, 0.15) is 5.56 Å². The monoisotopic (exact) mass is 334 g/mol. The average Bonchev–Trinajstić information content (AvgIpc) is 2.51. The van der Waals surface area contributed by atoms with E-state index in [1.54, 1.807) is 17.0 Å². The quantitative estimate of drug-likeness (QED) is 0.921. The van der Waals surface area contributed by atoms with Crippen molar-refractivity contribution in [2.45, 2.75) is 12.7 Å². The fraction of sp³-hybridized carbons (Fsp3) is 0.500. The van der Waals surface area contributed by atoms with Gasteiger partial charge in [0.15, 0.2) is 6.61 Å². The van der Waals surface area contributed by atoms with E-state index in [4.69, 9.17) is 0 Å². The molecule has 1 aromatic rings. The van der Waals surface area contributed by atoms with E-state index in [2.05, 4.69) is 10.1 Å². The Morgan fingerprint density at radius 2 is 2.05 bits per heavy atom. The van der Waals surface area contributed by atoms with E-state index in [1.807, 2.05) is 11.8 Å². The number of halogens is 3. The largest absolute Gasteiger partial charge is 0.484 e. The summed E-state index contributed by atoms with van der Waals surface area (Å²) < 4.78 is 41.0. The molecule has 1 fully saturated rings. The molecular weight excluding hydrogens is 317 g/mol. The van der Waals surface area contributed by atoms with Crippen LogP contribution in [0.15, 0.2) is 24.3 Å². The van der Waals surface area contributed by atoms with Gasteiger partial charge in [-0.3, -0.25) is 0 Å². The highest BCUT2D eigenvalue weighted by atomic mass is 32.2. The summed E-state index contributed by atoms with van der Waals surface area (Å²) in [6, 6.07) is 6.14. The van der Waals surface area contributed by atoms with Gasteiger partial charge in [-0.1, -0.05) is 12.1 Å². The lowest BCUT2D eigenvalue weighted by Crippen LogP contribution is -2.44. The van der Waals surface area contributed by atoms with Crippen molar-refractivity contribution in [3.8, 4) is 5.75 Å². The minimum Gasteiger partial charge on any atom is -0.484 e. The first-order valence-corrected chi connectivity index (χ1v) is 7.98. The number of nitrogens with one attached hydrogen (secondary N) is 1. The van der Waals surface area contributed by atoms with E-state index < -0.39 is 12.8 Å². The van der Waals surface area contributed by atoms with E-state index in [1.165, 1.54) is 12.1 Å². The maximum absolute atomic E-state index is 12.1. The van der Waals surface area contributed by atoms with Crippen LogP contribution in [0.2, 0.25) is 0 Å². The highest BCUT2D eigenvalue weighted by molar-refractivity contribution is 7.99. The molecule has 1 aliphatic rings. The molecule has 0 atom stereocenters. The minimum absolute atomic E-state index is 0.137. The van der Waals surface area contributed by atoms with Gasteiger partial charge in [0, 0.05) is 31.1 Å². The Morgan fingerprint density at radius 3 is 2.73 bits per heavy atom. The first kappa shape index (κ1) is 16.8. The van der Waals surface area contributed by atoms with Crippen LogP contribution in [-0.4, -0.2) is 48.3 Å². The first-order valence-electron chi connectivity index (χ1n) is 6.83. The second-order valence-electron chi connectivity index (χ2n) is 4.81. The lowest BCUT2D eigenvalue weighted by molar-refractivity contribution is -0.153. The number of hydrogen-bond donors (Lipinski definition) is 1. The summed E-state index contributed by atoms with van der Waals surface area (Å²) in [6.07, 6.45) is -4.36. The molecule has 0 spiro atoms. The van der Waals surface area contributed by atoms with E-state index in [0.717, 1.165) is 11.5 Å². The van der Waals surface area contributed by atoms with Gasteiger partial charge in [-0.15, -0.1) is 0 Å². The number of rotatable bonds is 4. The van der Waals surface area contributed by atoms with Gasteiger partial charge in [0.25, 0.3) is 0 Å². The van der Waals surface area contributed by atoms with Gasteiger partial charge in [-0.2, -0.15) is 24.9 Å². The predicted octanol–water partition coefficient (Wildman–Crippen LogP) is 2.89. The van der Waals surface area contributed by atoms with Crippen molar-refractivity contribution in [1.29, 1.82) is 0 Å². The third kappa shape index (κ3) is 5.67. The maximum Gasteiger partial charge on any atom is 0.422 e. The van der Waals surface area contributed by atoms with Crippen LogP contribution in [0.3, 0.4) is 0 Å². The number of nitrogens with zero attached hydrogens (tertiary/aromatic N) is 1. The van der Waals surface area contributed by atoms with Crippen LogP contribution in [-0.2, 0) is 6.54 Å². The maximum atomic E-state index is 12.1. The first-order chi connectivity index (χ1) is 10.4. The van der Waals surface area contributed by atoms with Gasteiger partial charge in [0.1, 0.15) is 5.75 Å². The second kappa shape index (κ2) is 7.62. The number of benzene rings is 1. The number of hydrogen-bond acceptors (Lipinski definition) is 3. The Labute approximate surface area is 131 Å². The third-order valence-electron chi connectivity index (χ3n) is 3.04. The van der Waals surface area contributed by atoms with Gasteiger partial charge in [0.05, 0.1) is 0 Å². The number of thioether (sulfide) groups is 1. The summed E-state index contributed by atoms with van der Waals surface area (Å²) in [5.41, 5.74) is 0.694. The van der Waals surface area contributed by atoms with Crippen molar-refractivity contribution in [2.75, 3.05) is 31.2 Å². The fourth-order valence-corrected chi connectivity index (χ4v) is 2.87. The lowest BCUT2D eigenvalue weighted by atomic mass is 10.2. The van der Waals surface area contributed by atoms with Crippen molar-refractivity contribution in [2.24, 2.45) is 0 Å². The molecule has 122 valence electrons. The molecule has 1 aliphatic heterocycles. The van der Waals surface area contributed by atoms with Gasteiger partial charge in [-0.05, 0) is 17.7 Å². The van der Waals surface area contributed by atoms with E-state index in [9.17, 15) is 18.0 Å². The molecule has 0 aromatic heterocycles. The smallest absolute Gasteiger partial charge is 0.422 e. The molecule has 4 nitrogen and oxygen atoms in total. The summed E-state index contributed by atoms with van der Waals surface area (Å²) >= 11 is 1.81. The Bertz CT molecular complexity index is 505. The molecule has 0 saturated carbocycles. The van der Waals surface area contributed by atoms with Gasteiger partial charge in [-0.25, -0.2) is 4.79 Å². The molecule has 22 heavy (non-hydrogen) atoms. The van der Waals surface area contributed by atoms with E-state index >= 15 is 0 Å². The average molecular weight is 334 g/mol. The molecular formula is C14H17F3N2O2S. The van der Waals surface area contributed by atoms with Gasteiger partial charge < -0.3 is 15.0 Å².